The zero-order valence-electron chi connectivity index (χ0n) is 39.2. The molecular weight excluding hydrogens is 757 g/mol. The van der Waals surface area contributed by atoms with Crippen molar-refractivity contribution in [2.75, 3.05) is 26.4 Å². The molecule has 4 N–H and O–H groups in total. The summed E-state index contributed by atoms with van der Waals surface area (Å²) in [5.41, 5.74) is 0. The smallest absolute Gasteiger partial charge is 0.306 e. The van der Waals surface area contributed by atoms with Gasteiger partial charge in [0, 0.05) is 13.0 Å². The summed E-state index contributed by atoms with van der Waals surface area (Å²) in [6.07, 6.45) is 42.5. The van der Waals surface area contributed by atoms with Crippen molar-refractivity contribution in [2.24, 2.45) is 0 Å². The van der Waals surface area contributed by atoms with Crippen LogP contribution in [0, 0.1) is 0 Å². The molecule has 1 rings (SSSR count). The lowest BCUT2D eigenvalue weighted by atomic mass is 9.99. The first kappa shape index (κ1) is 56.9. The van der Waals surface area contributed by atoms with Crippen LogP contribution in [0.1, 0.15) is 245 Å². The fraction of sp³-hybridized carbons (Fsp3) is 0.941. The van der Waals surface area contributed by atoms with Gasteiger partial charge in [0.15, 0.2) is 6.29 Å². The number of aliphatic hydroxyl groups is 4. The van der Waals surface area contributed by atoms with Gasteiger partial charge in [-0.25, -0.2) is 0 Å². The van der Waals surface area contributed by atoms with E-state index in [1.165, 1.54) is 193 Å². The first-order chi connectivity index (χ1) is 29.4. The number of hydrogen-bond acceptors (Lipinski definition) is 9. The van der Waals surface area contributed by atoms with Crippen molar-refractivity contribution < 1.29 is 44.2 Å². The SMILES string of the molecule is CCCCCC/C=C\CCCCCCCCOCC(COC1OC(CO)C(O)C(O)C1O)OC(=O)CCCCCCCCCCCCCCCCCCCCCCCCC. The van der Waals surface area contributed by atoms with Gasteiger partial charge >= 0.3 is 5.97 Å². The number of carbonyl (C=O) groups excluding carboxylic acids is 1. The molecule has 6 unspecified atom stereocenters. The zero-order valence-corrected chi connectivity index (χ0v) is 39.2. The number of esters is 1. The van der Waals surface area contributed by atoms with E-state index >= 15 is 0 Å². The van der Waals surface area contributed by atoms with E-state index in [2.05, 4.69) is 26.0 Å². The van der Waals surface area contributed by atoms with E-state index in [9.17, 15) is 25.2 Å². The molecule has 1 aliphatic rings. The lowest BCUT2D eigenvalue weighted by Crippen LogP contribution is -2.59. The van der Waals surface area contributed by atoms with Crippen molar-refractivity contribution in [2.45, 2.75) is 282 Å². The van der Waals surface area contributed by atoms with Crippen molar-refractivity contribution in [3.05, 3.63) is 12.2 Å². The Labute approximate surface area is 369 Å². The number of rotatable bonds is 45. The van der Waals surface area contributed by atoms with Gasteiger partial charge < -0.3 is 39.4 Å². The quantitative estimate of drug-likeness (QED) is 0.0268. The van der Waals surface area contributed by atoms with E-state index in [1.807, 2.05) is 0 Å². The van der Waals surface area contributed by atoms with Crippen molar-refractivity contribution in [3.8, 4) is 0 Å². The van der Waals surface area contributed by atoms with Crippen LogP contribution in [0.25, 0.3) is 0 Å². The molecule has 0 spiro atoms. The van der Waals surface area contributed by atoms with Crippen LogP contribution in [0.3, 0.4) is 0 Å². The third kappa shape index (κ3) is 33.5. The maximum Gasteiger partial charge on any atom is 0.306 e. The van der Waals surface area contributed by atoms with E-state index in [-0.39, 0.29) is 19.2 Å². The molecule has 1 saturated heterocycles. The number of unbranched alkanes of at least 4 members (excludes halogenated alkanes) is 32. The molecule has 0 aromatic carbocycles. The van der Waals surface area contributed by atoms with Crippen LogP contribution in [0.2, 0.25) is 0 Å². The van der Waals surface area contributed by atoms with Crippen LogP contribution in [-0.4, -0.2) is 89.6 Å². The van der Waals surface area contributed by atoms with Gasteiger partial charge in [0.05, 0.1) is 19.8 Å². The van der Waals surface area contributed by atoms with Gasteiger partial charge in [-0.2, -0.15) is 0 Å². The summed E-state index contributed by atoms with van der Waals surface area (Å²) in [6.45, 7) is 4.58. The van der Waals surface area contributed by atoms with Gasteiger partial charge in [0.1, 0.15) is 30.5 Å². The van der Waals surface area contributed by atoms with Crippen molar-refractivity contribution >= 4 is 5.97 Å². The Balaban J connectivity index is 2.16. The van der Waals surface area contributed by atoms with E-state index in [0.29, 0.717) is 13.0 Å². The second-order valence-electron chi connectivity index (χ2n) is 18.0. The van der Waals surface area contributed by atoms with Gasteiger partial charge in [-0.05, 0) is 38.5 Å². The van der Waals surface area contributed by atoms with Crippen LogP contribution in [0.4, 0.5) is 0 Å². The van der Waals surface area contributed by atoms with Crippen LogP contribution in [-0.2, 0) is 23.7 Å². The summed E-state index contributed by atoms with van der Waals surface area (Å²) < 4.78 is 22.9. The Morgan fingerprint density at radius 1 is 0.517 bits per heavy atom. The minimum absolute atomic E-state index is 0.110. The second-order valence-corrected chi connectivity index (χ2v) is 18.0. The first-order valence-corrected chi connectivity index (χ1v) is 25.8. The van der Waals surface area contributed by atoms with Crippen molar-refractivity contribution in [3.63, 3.8) is 0 Å². The molecule has 0 radical (unpaired) electrons. The fourth-order valence-corrected chi connectivity index (χ4v) is 8.14. The molecule has 0 saturated carbocycles. The topological polar surface area (TPSA) is 135 Å². The molecule has 1 aliphatic heterocycles. The summed E-state index contributed by atoms with van der Waals surface area (Å²) in [7, 11) is 0. The highest BCUT2D eigenvalue weighted by Crippen LogP contribution is 2.23. The van der Waals surface area contributed by atoms with Crippen molar-refractivity contribution in [1.82, 2.24) is 0 Å². The molecule has 356 valence electrons. The minimum atomic E-state index is -1.53. The largest absolute Gasteiger partial charge is 0.457 e. The molecule has 9 heteroatoms. The van der Waals surface area contributed by atoms with Crippen LogP contribution in [0.5, 0.6) is 0 Å². The Morgan fingerprint density at radius 3 is 1.37 bits per heavy atom. The summed E-state index contributed by atoms with van der Waals surface area (Å²) in [6, 6.07) is 0. The highest BCUT2D eigenvalue weighted by Gasteiger charge is 2.44. The fourth-order valence-electron chi connectivity index (χ4n) is 8.14. The molecule has 60 heavy (non-hydrogen) atoms. The summed E-state index contributed by atoms with van der Waals surface area (Å²) in [4.78, 5) is 12.8. The molecule has 0 aromatic heterocycles. The molecular formula is C51H98O9. The third-order valence-corrected chi connectivity index (χ3v) is 12.2. The molecule has 0 aliphatic carbocycles. The third-order valence-electron chi connectivity index (χ3n) is 12.2. The van der Waals surface area contributed by atoms with E-state index in [1.54, 1.807) is 0 Å². The standard InChI is InChI=1S/C51H98O9/c1-3-5-7-9-11-13-15-17-19-20-21-22-23-24-25-26-27-28-30-32-34-36-38-40-47(53)59-45(44-58-51-50(56)49(55)48(54)46(42-52)60-51)43-57-41-39-37-35-33-31-29-18-16-14-12-10-8-6-4-2/h14,16,45-46,48-52,54-56H,3-13,15,17-44H2,1-2H3/b16-14-. The number of hydrogen-bond donors (Lipinski definition) is 4. The van der Waals surface area contributed by atoms with Gasteiger partial charge in [-0.1, -0.05) is 212 Å². The van der Waals surface area contributed by atoms with Gasteiger partial charge in [-0.15, -0.1) is 0 Å². The number of carbonyl (C=O) groups is 1. The normalized spacial score (nSPS) is 20.0. The van der Waals surface area contributed by atoms with Gasteiger partial charge in [-0.3, -0.25) is 4.79 Å². The van der Waals surface area contributed by atoms with Crippen molar-refractivity contribution in [1.29, 1.82) is 0 Å². The van der Waals surface area contributed by atoms with Crippen LogP contribution >= 0.6 is 0 Å². The average molecular weight is 855 g/mol. The molecule has 0 aromatic rings. The maximum atomic E-state index is 12.8. The first-order valence-electron chi connectivity index (χ1n) is 25.8. The Morgan fingerprint density at radius 2 is 0.917 bits per heavy atom. The number of ether oxygens (including phenoxy) is 4. The highest BCUT2D eigenvalue weighted by molar-refractivity contribution is 5.69. The summed E-state index contributed by atoms with van der Waals surface area (Å²) >= 11 is 0. The Hall–Kier alpha value is -1.07. The van der Waals surface area contributed by atoms with E-state index in [4.69, 9.17) is 18.9 Å². The predicted octanol–water partition coefficient (Wildman–Crippen LogP) is 12.4. The van der Waals surface area contributed by atoms with E-state index < -0.39 is 43.4 Å². The average Bonchev–Trinajstić information content (AvgIpc) is 3.25. The lowest BCUT2D eigenvalue weighted by molar-refractivity contribution is -0.305. The van der Waals surface area contributed by atoms with Crippen LogP contribution in [0.15, 0.2) is 12.2 Å². The van der Waals surface area contributed by atoms with Gasteiger partial charge in [0.2, 0.25) is 0 Å². The molecule has 0 amide bonds. The predicted molar refractivity (Wildman–Crippen MR) is 247 cm³/mol. The molecule has 6 atom stereocenters. The molecule has 9 nitrogen and oxygen atoms in total. The molecule has 1 fully saturated rings. The molecule has 1 heterocycles. The zero-order chi connectivity index (χ0) is 43.6. The summed E-state index contributed by atoms with van der Waals surface area (Å²) in [5.74, 6) is -0.309. The maximum absolute atomic E-state index is 12.8. The van der Waals surface area contributed by atoms with Crippen LogP contribution < -0.4 is 0 Å². The Kier molecular flexibility index (Phi) is 41.0. The number of allylic oxidation sites excluding steroid dienone is 2. The second kappa shape index (κ2) is 43.2. The van der Waals surface area contributed by atoms with Gasteiger partial charge in [0.25, 0.3) is 0 Å². The monoisotopic (exact) mass is 855 g/mol. The minimum Gasteiger partial charge on any atom is -0.457 e. The van der Waals surface area contributed by atoms with E-state index in [0.717, 1.165) is 32.1 Å². The highest BCUT2D eigenvalue weighted by atomic mass is 16.7. The molecule has 0 bridgehead atoms. The Bertz CT molecular complexity index is 930. The lowest BCUT2D eigenvalue weighted by Gasteiger charge is -2.39. The number of aliphatic hydroxyl groups excluding tert-OH is 4. The summed E-state index contributed by atoms with van der Waals surface area (Å²) in [5, 5.41) is 40.2.